The van der Waals surface area contributed by atoms with E-state index in [1.54, 1.807) is 6.07 Å². The number of benzene rings is 1. The lowest BCUT2D eigenvalue weighted by atomic mass is 10.1. The third-order valence-corrected chi connectivity index (χ3v) is 3.62. The molecule has 19 heavy (non-hydrogen) atoms. The van der Waals surface area contributed by atoms with Gasteiger partial charge in [-0.15, -0.1) is 0 Å². The maximum atomic E-state index is 13.1. The lowest BCUT2D eigenvalue weighted by Crippen LogP contribution is -2.41. The van der Waals surface area contributed by atoms with Crippen LogP contribution in [0.1, 0.15) is 31.7 Å². The number of likely N-dealkylation sites (tertiary alicyclic amines) is 1. The molecular formula is C15H22F2N2. The second kappa shape index (κ2) is 6.96. The van der Waals surface area contributed by atoms with Crippen molar-refractivity contribution in [2.45, 2.75) is 38.8 Å². The number of nitrogens with zero attached hydrogens (tertiary/aromatic N) is 1. The minimum Gasteiger partial charge on any atom is -0.309 e. The number of nitrogens with one attached hydrogen (secondary N) is 1. The highest BCUT2D eigenvalue weighted by molar-refractivity contribution is 5.17. The van der Waals surface area contributed by atoms with Crippen LogP contribution in [-0.4, -0.2) is 30.6 Å². The molecule has 0 spiro atoms. The summed E-state index contributed by atoms with van der Waals surface area (Å²) < 4.78 is 25.9. The highest BCUT2D eigenvalue weighted by Gasteiger charge is 2.13. The lowest BCUT2D eigenvalue weighted by molar-refractivity contribution is 0.209. The molecule has 1 saturated heterocycles. The summed E-state index contributed by atoms with van der Waals surface area (Å²) in [7, 11) is 0. The van der Waals surface area contributed by atoms with Crippen molar-refractivity contribution in [1.82, 2.24) is 10.2 Å². The van der Waals surface area contributed by atoms with E-state index in [1.165, 1.54) is 44.5 Å². The smallest absolute Gasteiger partial charge is 0.159 e. The van der Waals surface area contributed by atoms with Crippen molar-refractivity contribution in [3.8, 4) is 0 Å². The Morgan fingerprint density at radius 3 is 2.58 bits per heavy atom. The number of rotatable bonds is 5. The molecule has 0 amide bonds. The quantitative estimate of drug-likeness (QED) is 0.883. The van der Waals surface area contributed by atoms with Crippen LogP contribution in [0, 0.1) is 11.6 Å². The van der Waals surface area contributed by atoms with Gasteiger partial charge in [0.25, 0.3) is 0 Å². The first kappa shape index (κ1) is 14.4. The second-order valence-corrected chi connectivity index (χ2v) is 5.39. The van der Waals surface area contributed by atoms with Gasteiger partial charge in [-0.05, 0) is 50.6 Å². The van der Waals surface area contributed by atoms with Crippen LogP contribution in [-0.2, 0) is 6.54 Å². The average Bonchev–Trinajstić information content (AvgIpc) is 2.41. The summed E-state index contributed by atoms with van der Waals surface area (Å²) >= 11 is 0. The van der Waals surface area contributed by atoms with E-state index in [0.717, 1.165) is 12.1 Å². The molecule has 1 atom stereocenters. The van der Waals surface area contributed by atoms with Gasteiger partial charge >= 0.3 is 0 Å². The van der Waals surface area contributed by atoms with Gasteiger partial charge in [0.05, 0.1) is 0 Å². The standard InChI is InChI=1S/C15H22F2N2/c1-12(11-19-7-3-2-4-8-19)18-10-13-5-6-14(16)15(17)9-13/h5-6,9,12,18H,2-4,7-8,10-11H2,1H3. The summed E-state index contributed by atoms with van der Waals surface area (Å²) in [5.74, 6) is -1.56. The Morgan fingerprint density at radius 2 is 1.89 bits per heavy atom. The van der Waals surface area contributed by atoms with Gasteiger partial charge in [0.1, 0.15) is 0 Å². The second-order valence-electron chi connectivity index (χ2n) is 5.39. The molecule has 1 aromatic carbocycles. The van der Waals surface area contributed by atoms with Crippen molar-refractivity contribution in [1.29, 1.82) is 0 Å². The molecule has 2 nitrogen and oxygen atoms in total. The van der Waals surface area contributed by atoms with Crippen LogP contribution in [0.15, 0.2) is 18.2 Å². The molecule has 1 N–H and O–H groups in total. The molecule has 0 aromatic heterocycles. The Labute approximate surface area is 113 Å². The molecular weight excluding hydrogens is 246 g/mol. The lowest BCUT2D eigenvalue weighted by Gasteiger charge is -2.29. The molecule has 106 valence electrons. The van der Waals surface area contributed by atoms with Gasteiger partial charge in [0.15, 0.2) is 11.6 Å². The Hall–Kier alpha value is -1.00. The molecule has 2 rings (SSSR count). The zero-order valence-corrected chi connectivity index (χ0v) is 11.5. The van der Waals surface area contributed by atoms with Crippen molar-refractivity contribution >= 4 is 0 Å². The first-order valence-electron chi connectivity index (χ1n) is 7.05. The maximum absolute atomic E-state index is 13.1. The predicted octanol–water partition coefficient (Wildman–Crippen LogP) is 2.93. The Balaban J connectivity index is 1.75. The molecule has 0 radical (unpaired) electrons. The maximum Gasteiger partial charge on any atom is 0.159 e. The van der Waals surface area contributed by atoms with E-state index in [-0.39, 0.29) is 0 Å². The summed E-state index contributed by atoms with van der Waals surface area (Å²) in [6, 6.07) is 4.42. The first-order valence-corrected chi connectivity index (χ1v) is 7.05. The molecule has 1 heterocycles. The zero-order chi connectivity index (χ0) is 13.7. The van der Waals surface area contributed by atoms with Crippen molar-refractivity contribution in [2.24, 2.45) is 0 Å². The van der Waals surface area contributed by atoms with Gasteiger partial charge < -0.3 is 10.2 Å². The summed E-state index contributed by atoms with van der Waals surface area (Å²) in [6.45, 7) is 6.08. The average molecular weight is 268 g/mol. The summed E-state index contributed by atoms with van der Waals surface area (Å²) in [5, 5.41) is 3.36. The van der Waals surface area contributed by atoms with Gasteiger partial charge in [0.2, 0.25) is 0 Å². The van der Waals surface area contributed by atoms with Crippen molar-refractivity contribution in [2.75, 3.05) is 19.6 Å². The van der Waals surface area contributed by atoms with Crippen LogP contribution in [0.4, 0.5) is 8.78 Å². The summed E-state index contributed by atoms with van der Waals surface area (Å²) in [5.41, 5.74) is 0.782. The van der Waals surface area contributed by atoms with Crippen LogP contribution in [0.5, 0.6) is 0 Å². The monoisotopic (exact) mass is 268 g/mol. The number of halogens is 2. The fourth-order valence-corrected chi connectivity index (χ4v) is 2.54. The Kier molecular flexibility index (Phi) is 5.28. The van der Waals surface area contributed by atoms with E-state index in [4.69, 9.17) is 0 Å². The van der Waals surface area contributed by atoms with Crippen molar-refractivity contribution in [3.05, 3.63) is 35.4 Å². The minimum absolute atomic E-state index is 0.353. The molecule has 0 saturated carbocycles. The minimum atomic E-state index is -0.787. The zero-order valence-electron chi connectivity index (χ0n) is 11.5. The van der Waals surface area contributed by atoms with Gasteiger partial charge in [-0.2, -0.15) is 0 Å². The largest absolute Gasteiger partial charge is 0.309 e. The molecule has 0 bridgehead atoms. The van der Waals surface area contributed by atoms with E-state index in [9.17, 15) is 8.78 Å². The van der Waals surface area contributed by atoms with E-state index < -0.39 is 11.6 Å². The number of piperidine rings is 1. The normalized spacial score (nSPS) is 18.5. The van der Waals surface area contributed by atoms with Gasteiger partial charge in [0, 0.05) is 19.1 Å². The van der Waals surface area contributed by atoms with E-state index >= 15 is 0 Å². The van der Waals surface area contributed by atoms with Crippen LogP contribution in [0.25, 0.3) is 0 Å². The molecule has 1 fully saturated rings. The highest BCUT2D eigenvalue weighted by Crippen LogP contribution is 2.10. The van der Waals surface area contributed by atoms with E-state index in [1.807, 2.05) is 0 Å². The fourth-order valence-electron chi connectivity index (χ4n) is 2.54. The Morgan fingerprint density at radius 1 is 1.16 bits per heavy atom. The third kappa shape index (κ3) is 4.55. The molecule has 4 heteroatoms. The van der Waals surface area contributed by atoms with Crippen LogP contribution in [0.3, 0.4) is 0 Å². The third-order valence-electron chi connectivity index (χ3n) is 3.62. The topological polar surface area (TPSA) is 15.3 Å². The number of hydrogen-bond donors (Lipinski definition) is 1. The van der Waals surface area contributed by atoms with Crippen molar-refractivity contribution < 1.29 is 8.78 Å². The van der Waals surface area contributed by atoms with Crippen LogP contribution < -0.4 is 5.32 Å². The predicted molar refractivity (Wildman–Crippen MR) is 73.0 cm³/mol. The summed E-state index contributed by atoms with van der Waals surface area (Å²) in [6.07, 6.45) is 3.92. The van der Waals surface area contributed by atoms with E-state index in [0.29, 0.717) is 12.6 Å². The molecule has 1 aliphatic rings. The molecule has 1 aliphatic heterocycles. The SMILES string of the molecule is CC(CN1CCCCC1)NCc1ccc(F)c(F)c1. The first-order chi connectivity index (χ1) is 9.15. The van der Waals surface area contributed by atoms with Gasteiger partial charge in [-0.1, -0.05) is 12.5 Å². The van der Waals surface area contributed by atoms with E-state index in [2.05, 4.69) is 17.1 Å². The number of hydrogen-bond acceptors (Lipinski definition) is 2. The van der Waals surface area contributed by atoms with Crippen LogP contribution in [0.2, 0.25) is 0 Å². The Bertz CT molecular complexity index is 403. The molecule has 0 aliphatic carbocycles. The fraction of sp³-hybridized carbons (Fsp3) is 0.600. The van der Waals surface area contributed by atoms with Gasteiger partial charge in [-0.3, -0.25) is 0 Å². The molecule has 1 unspecified atom stereocenters. The summed E-state index contributed by atoms with van der Waals surface area (Å²) in [4.78, 5) is 2.46. The molecule has 1 aromatic rings. The van der Waals surface area contributed by atoms with Gasteiger partial charge in [-0.25, -0.2) is 8.78 Å². The highest BCUT2D eigenvalue weighted by atomic mass is 19.2. The van der Waals surface area contributed by atoms with Crippen molar-refractivity contribution in [3.63, 3.8) is 0 Å². The van der Waals surface area contributed by atoms with Crippen LogP contribution >= 0.6 is 0 Å².